The summed E-state index contributed by atoms with van der Waals surface area (Å²) in [5.41, 5.74) is 4.37. The van der Waals surface area contributed by atoms with Gasteiger partial charge in [0.1, 0.15) is 0 Å². The van der Waals surface area contributed by atoms with Gasteiger partial charge in [-0.2, -0.15) is 0 Å². The van der Waals surface area contributed by atoms with Crippen molar-refractivity contribution in [3.63, 3.8) is 0 Å². The van der Waals surface area contributed by atoms with Crippen LogP contribution in [0, 0.1) is 17.8 Å². The smallest absolute Gasteiger partial charge is 0.0278 e. The number of fused-ring (bicyclic) bond motifs is 2. The van der Waals surface area contributed by atoms with Crippen molar-refractivity contribution in [1.29, 1.82) is 0 Å². The molecule has 0 aromatic rings. The third-order valence-electron chi connectivity index (χ3n) is 4.53. The second kappa shape index (κ2) is 4.67. The number of hydrazine groups is 1. The Hall–Kier alpha value is -0.340. The lowest BCUT2D eigenvalue weighted by Gasteiger charge is -2.30. The van der Waals surface area contributed by atoms with Gasteiger partial charge in [0.25, 0.3) is 0 Å². The average Bonchev–Trinajstić information content (AvgIpc) is 2.86. The molecule has 15 heavy (non-hydrogen) atoms. The molecule has 3 N–H and O–H groups in total. The maximum Gasteiger partial charge on any atom is 0.0278 e. The van der Waals surface area contributed by atoms with E-state index in [2.05, 4.69) is 18.9 Å². The zero-order valence-corrected chi connectivity index (χ0v) is 9.84. The van der Waals surface area contributed by atoms with Gasteiger partial charge in [0.15, 0.2) is 0 Å². The highest BCUT2D eigenvalue weighted by Crippen LogP contribution is 2.50. The van der Waals surface area contributed by atoms with Crippen molar-refractivity contribution >= 4 is 0 Å². The summed E-state index contributed by atoms with van der Waals surface area (Å²) in [5, 5.41) is 0. The zero-order valence-electron chi connectivity index (χ0n) is 9.84. The summed E-state index contributed by atoms with van der Waals surface area (Å²) in [6.07, 6.45) is 7.91. The minimum absolute atomic E-state index is 0.479. The Kier molecular flexibility index (Phi) is 3.47. The lowest BCUT2D eigenvalue weighted by molar-refractivity contribution is 0.247. The van der Waals surface area contributed by atoms with Gasteiger partial charge in [-0.05, 0) is 49.9 Å². The molecule has 2 saturated carbocycles. The predicted octanol–water partition coefficient (Wildman–Crippen LogP) is 2.61. The van der Waals surface area contributed by atoms with Crippen molar-refractivity contribution < 1.29 is 0 Å². The first-order chi connectivity index (χ1) is 7.24. The number of nitrogens with two attached hydrogens (primary N) is 1. The number of hydrogen-bond donors (Lipinski definition) is 2. The molecule has 0 amide bonds. The molecular weight excluding hydrogens is 184 g/mol. The van der Waals surface area contributed by atoms with E-state index < -0.39 is 0 Å². The first kappa shape index (κ1) is 11.2. The minimum atomic E-state index is 0.479. The Balaban J connectivity index is 1.92. The molecule has 0 spiro atoms. The quantitative estimate of drug-likeness (QED) is 0.414. The van der Waals surface area contributed by atoms with Crippen LogP contribution < -0.4 is 11.3 Å². The third kappa shape index (κ3) is 2.26. The molecule has 2 nitrogen and oxygen atoms in total. The molecule has 0 saturated heterocycles. The fourth-order valence-electron chi connectivity index (χ4n) is 3.58. The average molecular weight is 208 g/mol. The van der Waals surface area contributed by atoms with E-state index in [1.54, 1.807) is 0 Å². The fraction of sp³-hybridized carbons (Fsp3) is 0.846. The van der Waals surface area contributed by atoms with Gasteiger partial charge in [0.05, 0.1) is 0 Å². The zero-order chi connectivity index (χ0) is 10.8. The van der Waals surface area contributed by atoms with Gasteiger partial charge in [-0.1, -0.05) is 25.5 Å². The van der Waals surface area contributed by atoms with Crippen molar-refractivity contribution in [1.82, 2.24) is 5.43 Å². The van der Waals surface area contributed by atoms with Crippen molar-refractivity contribution in [2.24, 2.45) is 23.6 Å². The molecule has 2 aliphatic carbocycles. The molecule has 2 heteroatoms. The van der Waals surface area contributed by atoms with E-state index in [0.717, 1.165) is 30.6 Å². The minimum Gasteiger partial charge on any atom is -0.271 e. The summed E-state index contributed by atoms with van der Waals surface area (Å²) in [7, 11) is 0. The van der Waals surface area contributed by atoms with Crippen molar-refractivity contribution in [2.45, 2.75) is 51.5 Å². The SMILES string of the molecule is C=C(CC)CC(NN)C1CC2CCC1C2. The molecule has 0 heterocycles. The highest BCUT2D eigenvalue weighted by molar-refractivity contribution is 5.02. The second-order valence-electron chi connectivity index (χ2n) is 5.42. The summed E-state index contributed by atoms with van der Waals surface area (Å²) in [6, 6.07) is 0.479. The van der Waals surface area contributed by atoms with Crippen molar-refractivity contribution in [3.8, 4) is 0 Å². The van der Waals surface area contributed by atoms with Crippen LogP contribution in [0.1, 0.15) is 45.4 Å². The Labute approximate surface area is 93.3 Å². The predicted molar refractivity (Wildman–Crippen MR) is 64.1 cm³/mol. The normalized spacial score (nSPS) is 35.7. The van der Waals surface area contributed by atoms with Crippen LogP contribution in [0.2, 0.25) is 0 Å². The molecule has 4 unspecified atom stereocenters. The van der Waals surface area contributed by atoms with Crippen LogP contribution in [0.3, 0.4) is 0 Å². The summed E-state index contributed by atoms with van der Waals surface area (Å²) in [4.78, 5) is 0. The van der Waals surface area contributed by atoms with Crippen LogP contribution in [-0.4, -0.2) is 6.04 Å². The van der Waals surface area contributed by atoms with Gasteiger partial charge in [0.2, 0.25) is 0 Å². The summed E-state index contributed by atoms with van der Waals surface area (Å²) in [6.45, 7) is 6.28. The molecule has 0 aromatic heterocycles. The molecular formula is C13H24N2. The van der Waals surface area contributed by atoms with Gasteiger partial charge in [-0.15, -0.1) is 0 Å². The molecule has 2 rings (SSSR count). The molecule has 0 radical (unpaired) electrons. The topological polar surface area (TPSA) is 38.0 Å². The molecule has 86 valence electrons. The lowest BCUT2D eigenvalue weighted by atomic mass is 9.81. The highest BCUT2D eigenvalue weighted by Gasteiger charge is 2.42. The standard InChI is InChI=1S/C13H24N2/c1-3-9(2)6-13(15-14)12-8-10-4-5-11(12)7-10/h10-13,15H,2-8,14H2,1H3. The molecule has 2 fully saturated rings. The van der Waals surface area contributed by atoms with E-state index in [4.69, 9.17) is 5.84 Å². The first-order valence-corrected chi connectivity index (χ1v) is 6.37. The fourth-order valence-corrected chi connectivity index (χ4v) is 3.58. The maximum absolute atomic E-state index is 5.70. The summed E-state index contributed by atoms with van der Waals surface area (Å²) < 4.78 is 0. The second-order valence-corrected chi connectivity index (χ2v) is 5.42. The Morgan fingerprint density at radius 3 is 2.73 bits per heavy atom. The first-order valence-electron chi connectivity index (χ1n) is 6.37. The van der Waals surface area contributed by atoms with Gasteiger partial charge in [-0.25, -0.2) is 0 Å². The lowest BCUT2D eigenvalue weighted by Crippen LogP contribution is -2.43. The Bertz CT molecular complexity index is 237. The number of hydrogen-bond acceptors (Lipinski definition) is 2. The van der Waals surface area contributed by atoms with E-state index in [-0.39, 0.29) is 0 Å². The van der Waals surface area contributed by atoms with Crippen LogP contribution in [-0.2, 0) is 0 Å². The van der Waals surface area contributed by atoms with Crippen molar-refractivity contribution in [3.05, 3.63) is 12.2 Å². The van der Waals surface area contributed by atoms with E-state index in [1.165, 1.54) is 31.3 Å². The third-order valence-corrected chi connectivity index (χ3v) is 4.53. The summed E-state index contributed by atoms with van der Waals surface area (Å²) in [5.74, 6) is 8.46. The van der Waals surface area contributed by atoms with Crippen LogP contribution in [0.15, 0.2) is 12.2 Å². The van der Waals surface area contributed by atoms with Gasteiger partial charge < -0.3 is 0 Å². The van der Waals surface area contributed by atoms with E-state index in [0.29, 0.717) is 6.04 Å². The van der Waals surface area contributed by atoms with E-state index in [1.807, 2.05) is 0 Å². The van der Waals surface area contributed by atoms with Gasteiger partial charge in [-0.3, -0.25) is 11.3 Å². The molecule has 2 aliphatic rings. The van der Waals surface area contributed by atoms with Gasteiger partial charge in [0, 0.05) is 6.04 Å². The van der Waals surface area contributed by atoms with Crippen molar-refractivity contribution in [2.75, 3.05) is 0 Å². The largest absolute Gasteiger partial charge is 0.271 e. The molecule has 2 bridgehead atoms. The van der Waals surface area contributed by atoms with E-state index in [9.17, 15) is 0 Å². The maximum atomic E-state index is 5.70. The van der Waals surface area contributed by atoms with Crippen LogP contribution in [0.25, 0.3) is 0 Å². The summed E-state index contributed by atoms with van der Waals surface area (Å²) >= 11 is 0. The Morgan fingerprint density at radius 2 is 2.27 bits per heavy atom. The van der Waals surface area contributed by atoms with Crippen LogP contribution in [0.4, 0.5) is 0 Å². The van der Waals surface area contributed by atoms with Crippen LogP contribution in [0.5, 0.6) is 0 Å². The molecule has 0 aliphatic heterocycles. The molecule has 4 atom stereocenters. The van der Waals surface area contributed by atoms with Gasteiger partial charge >= 0.3 is 0 Å². The van der Waals surface area contributed by atoms with Crippen LogP contribution >= 0.6 is 0 Å². The Morgan fingerprint density at radius 1 is 1.47 bits per heavy atom. The highest BCUT2D eigenvalue weighted by atomic mass is 15.2. The van der Waals surface area contributed by atoms with E-state index >= 15 is 0 Å². The number of rotatable bonds is 5. The monoisotopic (exact) mass is 208 g/mol. The molecule has 0 aromatic carbocycles. The number of nitrogens with one attached hydrogen (secondary N) is 1.